The molecule has 4 heteroatoms. The highest BCUT2D eigenvalue weighted by molar-refractivity contribution is 9.10. The molecule has 1 amide bonds. The average Bonchev–Trinajstić information content (AvgIpc) is 2.48. The Morgan fingerprint density at radius 3 is 2.35 bits per heavy atom. The van der Waals surface area contributed by atoms with Crippen LogP contribution in [-0.4, -0.2) is 13.0 Å². The molecule has 2 aromatic carbocycles. The molecule has 20 heavy (non-hydrogen) atoms. The summed E-state index contributed by atoms with van der Waals surface area (Å²) in [6.45, 7) is 0. The van der Waals surface area contributed by atoms with Gasteiger partial charge >= 0.3 is 0 Å². The van der Waals surface area contributed by atoms with E-state index in [-0.39, 0.29) is 11.7 Å². The minimum atomic E-state index is -0.279. The van der Waals surface area contributed by atoms with Gasteiger partial charge in [0.15, 0.2) is 5.76 Å². The van der Waals surface area contributed by atoms with Gasteiger partial charge in [-0.15, -0.1) is 0 Å². The topological polar surface area (TPSA) is 38.3 Å². The van der Waals surface area contributed by atoms with Crippen LogP contribution in [0.25, 0.3) is 6.08 Å². The molecule has 0 spiro atoms. The molecule has 0 radical (unpaired) electrons. The van der Waals surface area contributed by atoms with Gasteiger partial charge in [-0.05, 0) is 35.9 Å². The zero-order valence-electron chi connectivity index (χ0n) is 11.0. The predicted molar refractivity (Wildman–Crippen MR) is 84.2 cm³/mol. The Balaban J connectivity index is 2.13. The molecule has 0 bridgehead atoms. The Morgan fingerprint density at radius 1 is 1.10 bits per heavy atom. The molecule has 0 fully saturated rings. The van der Waals surface area contributed by atoms with Gasteiger partial charge in [0, 0.05) is 10.2 Å². The van der Waals surface area contributed by atoms with Gasteiger partial charge in [-0.2, -0.15) is 0 Å². The molecule has 0 aliphatic carbocycles. The summed E-state index contributed by atoms with van der Waals surface area (Å²) in [5, 5.41) is 2.79. The van der Waals surface area contributed by atoms with E-state index in [1.54, 1.807) is 6.08 Å². The van der Waals surface area contributed by atoms with Crippen LogP contribution in [0.5, 0.6) is 0 Å². The van der Waals surface area contributed by atoms with Crippen molar-refractivity contribution < 1.29 is 9.53 Å². The summed E-state index contributed by atoms with van der Waals surface area (Å²) in [5.74, 6) is -0.0159. The molecule has 0 saturated heterocycles. The quantitative estimate of drug-likeness (QED) is 0.677. The van der Waals surface area contributed by atoms with Crippen LogP contribution in [0.4, 0.5) is 5.69 Å². The number of nitrogens with one attached hydrogen (secondary N) is 1. The summed E-state index contributed by atoms with van der Waals surface area (Å²) in [7, 11) is 1.48. The van der Waals surface area contributed by atoms with E-state index >= 15 is 0 Å². The minimum absolute atomic E-state index is 0.263. The van der Waals surface area contributed by atoms with Crippen LogP contribution in [0.3, 0.4) is 0 Å². The Kier molecular flexibility index (Phi) is 4.96. The van der Waals surface area contributed by atoms with E-state index in [1.807, 2.05) is 54.6 Å². The fraction of sp³-hybridized carbons (Fsp3) is 0.0625. The van der Waals surface area contributed by atoms with Gasteiger partial charge in [-0.25, -0.2) is 0 Å². The minimum Gasteiger partial charge on any atom is -0.491 e. The van der Waals surface area contributed by atoms with Crippen LogP contribution in [0.15, 0.2) is 64.8 Å². The van der Waals surface area contributed by atoms with Crippen LogP contribution in [0, 0.1) is 0 Å². The fourth-order valence-electron chi connectivity index (χ4n) is 1.64. The molecule has 0 unspecified atom stereocenters. The normalized spacial score (nSPS) is 11.0. The highest BCUT2D eigenvalue weighted by Gasteiger charge is 2.10. The number of methoxy groups -OCH3 is 1. The SMILES string of the molecule is CO/C(=C\c1ccccc1)C(=O)Nc1ccc(Br)cc1. The monoisotopic (exact) mass is 331 g/mol. The number of rotatable bonds is 4. The first-order chi connectivity index (χ1) is 9.69. The third-order valence-electron chi connectivity index (χ3n) is 2.64. The van der Waals surface area contributed by atoms with Crippen molar-refractivity contribution >= 4 is 33.6 Å². The number of carbonyl (C=O) groups is 1. The lowest BCUT2D eigenvalue weighted by Crippen LogP contribution is -2.15. The molecule has 0 heterocycles. The van der Waals surface area contributed by atoms with Gasteiger partial charge in [-0.1, -0.05) is 46.3 Å². The van der Waals surface area contributed by atoms with E-state index in [1.165, 1.54) is 7.11 Å². The molecule has 1 N–H and O–H groups in total. The third-order valence-corrected chi connectivity index (χ3v) is 3.17. The number of halogens is 1. The predicted octanol–water partition coefficient (Wildman–Crippen LogP) is 4.08. The zero-order chi connectivity index (χ0) is 14.4. The number of anilines is 1. The molecule has 0 aliphatic heterocycles. The lowest BCUT2D eigenvalue weighted by molar-refractivity contribution is -0.115. The van der Waals surface area contributed by atoms with E-state index in [9.17, 15) is 4.79 Å². The maximum atomic E-state index is 12.1. The third kappa shape index (κ3) is 3.96. The standard InChI is InChI=1S/C16H14BrNO2/c1-20-15(11-12-5-3-2-4-6-12)16(19)18-14-9-7-13(17)8-10-14/h2-11H,1H3,(H,18,19)/b15-11-. The summed E-state index contributed by atoms with van der Waals surface area (Å²) in [5.41, 5.74) is 1.63. The van der Waals surface area contributed by atoms with E-state index in [0.717, 1.165) is 10.0 Å². The molecule has 0 saturated carbocycles. The Bertz CT molecular complexity index is 606. The molecule has 2 rings (SSSR count). The van der Waals surface area contributed by atoms with Crippen LogP contribution in [0.1, 0.15) is 5.56 Å². The van der Waals surface area contributed by atoms with Crippen molar-refractivity contribution in [3.63, 3.8) is 0 Å². The van der Waals surface area contributed by atoms with E-state index in [2.05, 4.69) is 21.2 Å². The second-order valence-corrected chi connectivity index (χ2v) is 5.00. The van der Waals surface area contributed by atoms with Crippen molar-refractivity contribution in [3.05, 3.63) is 70.4 Å². The maximum absolute atomic E-state index is 12.1. The maximum Gasteiger partial charge on any atom is 0.290 e. The van der Waals surface area contributed by atoms with Crippen LogP contribution in [-0.2, 0) is 9.53 Å². The summed E-state index contributed by atoms with van der Waals surface area (Å²) in [4.78, 5) is 12.1. The van der Waals surface area contributed by atoms with Gasteiger partial charge in [0.1, 0.15) is 0 Å². The van der Waals surface area contributed by atoms with E-state index in [0.29, 0.717) is 5.69 Å². The number of benzene rings is 2. The van der Waals surface area contributed by atoms with Gasteiger partial charge in [0.25, 0.3) is 5.91 Å². The molecular formula is C16H14BrNO2. The first-order valence-corrected chi connectivity index (χ1v) is 6.86. The van der Waals surface area contributed by atoms with Gasteiger partial charge in [0.2, 0.25) is 0 Å². The Labute approximate surface area is 126 Å². The molecular weight excluding hydrogens is 318 g/mol. The lowest BCUT2D eigenvalue weighted by Gasteiger charge is -2.08. The summed E-state index contributed by atoms with van der Waals surface area (Å²) in [6, 6.07) is 16.9. The molecule has 0 aromatic heterocycles. The highest BCUT2D eigenvalue weighted by Crippen LogP contribution is 2.15. The average molecular weight is 332 g/mol. The molecule has 102 valence electrons. The summed E-state index contributed by atoms with van der Waals surface area (Å²) < 4.78 is 6.11. The van der Waals surface area contributed by atoms with Gasteiger partial charge in [0.05, 0.1) is 7.11 Å². The van der Waals surface area contributed by atoms with Crippen molar-refractivity contribution in [1.29, 1.82) is 0 Å². The number of amides is 1. The van der Waals surface area contributed by atoms with E-state index < -0.39 is 0 Å². The number of carbonyl (C=O) groups excluding carboxylic acids is 1. The summed E-state index contributed by atoms with van der Waals surface area (Å²) in [6.07, 6.45) is 1.70. The Hall–Kier alpha value is -2.07. The molecule has 3 nitrogen and oxygen atoms in total. The number of ether oxygens (including phenoxy) is 1. The number of hydrogen-bond acceptors (Lipinski definition) is 2. The lowest BCUT2D eigenvalue weighted by atomic mass is 10.2. The Morgan fingerprint density at radius 2 is 1.75 bits per heavy atom. The van der Waals surface area contributed by atoms with Crippen molar-refractivity contribution in [3.8, 4) is 0 Å². The molecule has 0 aliphatic rings. The fourth-order valence-corrected chi connectivity index (χ4v) is 1.91. The number of hydrogen-bond donors (Lipinski definition) is 1. The van der Waals surface area contributed by atoms with Crippen molar-refractivity contribution in [2.24, 2.45) is 0 Å². The van der Waals surface area contributed by atoms with Crippen LogP contribution in [0.2, 0.25) is 0 Å². The largest absolute Gasteiger partial charge is 0.491 e. The smallest absolute Gasteiger partial charge is 0.290 e. The van der Waals surface area contributed by atoms with Gasteiger partial charge in [-0.3, -0.25) is 4.79 Å². The van der Waals surface area contributed by atoms with Crippen molar-refractivity contribution in [2.75, 3.05) is 12.4 Å². The summed E-state index contributed by atoms with van der Waals surface area (Å²) >= 11 is 3.35. The molecule has 0 atom stereocenters. The zero-order valence-corrected chi connectivity index (χ0v) is 12.6. The van der Waals surface area contributed by atoms with Gasteiger partial charge < -0.3 is 10.1 Å². The van der Waals surface area contributed by atoms with Crippen LogP contribution < -0.4 is 5.32 Å². The highest BCUT2D eigenvalue weighted by atomic mass is 79.9. The molecule has 2 aromatic rings. The first-order valence-electron chi connectivity index (χ1n) is 6.06. The van der Waals surface area contributed by atoms with E-state index in [4.69, 9.17) is 4.74 Å². The first kappa shape index (κ1) is 14.3. The van der Waals surface area contributed by atoms with Crippen molar-refractivity contribution in [1.82, 2.24) is 0 Å². The van der Waals surface area contributed by atoms with Crippen LogP contribution >= 0.6 is 15.9 Å². The van der Waals surface area contributed by atoms with Crippen molar-refractivity contribution in [2.45, 2.75) is 0 Å². The second-order valence-electron chi connectivity index (χ2n) is 4.08. The second kappa shape index (κ2) is 6.91.